The standard InChI is InChI=1S/C10H11ClN2O2/c11-7-2-1-6-4-12-9(10(14)15)5-13-8(6)3-7/h1-3,9,12-13H,4-5H2,(H,14,15). The minimum Gasteiger partial charge on any atom is -0.480 e. The van der Waals surface area contributed by atoms with Crippen LogP contribution in [0.4, 0.5) is 5.69 Å². The van der Waals surface area contributed by atoms with Crippen molar-refractivity contribution in [2.75, 3.05) is 11.9 Å². The Morgan fingerprint density at radius 2 is 2.33 bits per heavy atom. The molecule has 1 aromatic carbocycles. The zero-order valence-corrected chi connectivity index (χ0v) is 8.71. The van der Waals surface area contributed by atoms with Gasteiger partial charge in [0.2, 0.25) is 0 Å². The molecule has 0 spiro atoms. The minimum absolute atomic E-state index is 0.364. The van der Waals surface area contributed by atoms with Crippen LogP contribution in [0.15, 0.2) is 18.2 Å². The van der Waals surface area contributed by atoms with E-state index in [1.54, 1.807) is 6.07 Å². The first-order chi connectivity index (χ1) is 7.16. The predicted octanol–water partition coefficient (Wildman–Crippen LogP) is 1.31. The number of hydrogen-bond acceptors (Lipinski definition) is 3. The lowest BCUT2D eigenvalue weighted by molar-refractivity contribution is -0.139. The molecular weight excluding hydrogens is 216 g/mol. The first-order valence-corrected chi connectivity index (χ1v) is 5.03. The van der Waals surface area contributed by atoms with Crippen molar-refractivity contribution < 1.29 is 9.90 Å². The summed E-state index contributed by atoms with van der Waals surface area (Å²) in [6, 6.07) is 4.94. The molecule has 0 fully saturated rings. The van der Waals surface area contributed by atoms with E-state index in [1.807, 2.05) is 12.1 Å². The molecule has 0 aliphatic carbocycles. The SMILES string of the molecule is O=C(O)C1CNc2cc(Cl)ccc2CN1. The number of carboxylic acid groups (broad SMARTS) is 1. The highest BCUT2D eigenvalue weighted by Gasteiger charge is 2.20. The van der Waals surface area contributed by atoms with Crippen LogP contribution in [0.5, 0.6) is 0 Å². The van der Waals surface area contributed by atoms with E-state index in [4.69, 9.17) is 16.7 Å². The Balaban J connectivity index is 2.21. The van der Waals surface area contributed by atoms with E-state index in [0.717, 1.165) is 11.3 Å². The maximum atomic E-state index is 10.8. The fourth-order valence-electron chi connectivity index (χ4n) is 1.56. The van der Waals surface area contributed by atoms with Gasteiger partial charge in [-0.2, -0.15) is 0 Å². The maximum absolute atomic E-state index is 10.8. The van der Waals surface area contributed by atoms with Crippen molar-refractivity contribution in [2.45, 2.75) is 12.6 Å². The van der Waals surface area contributed by atoms with Gasteiger partial charge in [-0.1, -0.05) is 17.7 Å². The quantitative estimate of drug-likeness (QED) is 0.676. The Morgan fingerprint density at radius 3 is 3.07 bits per heavy atom. The van der Waals surface area contributed by atoms with Gasteiger partial charge in [-0.25, -0.2) is 0 Å². The monoisotopic (exact) mass is 226 g/mol. The number of rotatable bonds is 1. The van der Waals surface area contributed by atoms with E-state index >= 15 is 0 Å². The van der Waals surface area contributed by atoms with Crippen LogP contribution in [0.1, 0.15) is 5.56 Å². The van der Waals surface area contributed by atoms with Crippen molar-refractivity contribution >= 4 is 23.3 Å². The van der Waals surface area contributed by atoms with Crippen molar-refractivity contribution in [1.29, 1.82) is 0 Å². The topological polar surface area (TPSA) is 61.4 Å². The van der Waals surface area contributed by atoms with E-state index in [1.165, 1.54) is 0 Å². The van der Waals surface area contributed by atoms with Gasteiger partial charge < -0.3 is 10.4 Å². The van der Waals surface area contributed by atoms with E-state index in [-0.39, 0.29) is 0 Å². The van der Waals surface area contributed by atoms with Crippen LogP contribution in [-0.4, -0.2) is 23.7 Å². The number of nitrogens with one attached hydrogen (secondary N) is 2. The highest BCUT2D eigenvalue weighted by Crippen LogP contribution is 2.22. The van der Waals surface area contributed by atoms with Crippen molar-refractivity contribution in [2.24, 2.45) is 0 Å². The Morgan fingerprint density at radius 1 is 1.53 bits per heavy atom. The third-order valence-corrected chi connectivity index (χ3v) is 2.64. The van der Waals surface area contributed by atoms with Gasteiger partial charge in [-0.3, -0.25) is 10.1 Å². The second kappa shape index (κ2) is 4.08. The summed E-state index contributed by atoms with van der Waals surface area (Å²) in [4.78, 5) is 10.8. The summed E-state index contributed by atoms with van der Waals surface area (Å²) in [7, 11) is 0. The number of benzene rings is 1. The summed E-state index contributed by atoms with van der Waals surface area (Å²) in [5, 5.41) is 15.5. The molecule has 0 saturated carbocycles. The molecule has 80 valence electrons. The fraction of sp³-hybridized carbons (Fsp3) is 0.300. The van der Waals surface area contributed by atoms with Crippen LogP contribution in [0.2, 0.25) is 5.02 Å². The third-order valence-electron chi connectivity index (χ3n) is 2.41. The molecule has 0 radical (unpaired) electrons. The van der Waals surface area contributed by atoms with Crippen LogP contribution >= 0.6 is 11.6 Å². The van der Waals surface area contributed by atoms with E-state index < -0.39 is 12.0 Å². The second-order valence-electron chi connectivity index (χ2n) is 3.45. The number of fused-ring (bicyclic) bond motifs is 1. The van der Waals surface area contributed by atoms with Crippen LogP contribution in [0.25, 0.3) is 0 Å². The van der Waals surface area contributed by atoms with Crippen molar-refractivity contribution in [3.63, 3.8) is 0 Å². The van der Waals surface area contributed by atoms with E-state index in [0.29, 0.717) is 18.1 Å². The third kappa shape index (κ3) is 2.22. The average molecular weight is 227 g/mol. The molecule has 0 bridgehead atoms. The van der Waals surface area contributed by atoms with Crippen molar-refractivity contribution in [3.05, 3.63) is 28.8 Å². The molecule has 4 nitrogen and oxygen atoms in total. The first-order valence-electron chi connectivity index (χ1n) is 4.65. The van der Waals surface area contributed by atoms with Gasteiger partial charge >= 0.3 is 5.97 Å². The molecule has 2 rings (SSSR count). The van der Waals surface area contributed by atoms with Gasteiger partial charge in [0.15, 0.2) is 0 Å². The van der Waals surface area contributed by atoms with Gasteiger partial charge in [0.05, 0.1) is 0 Å². The number of anilines is 1. The van der Waals surface area contributed by atoms with Gasteiger partial charge in [0, 0.05) is 23.8 Å². The molecule has 1 heterocycles. The lowest BCUT2D eigenvalue weighted by atomic mass is 10.2. The largest absolute Gasteiger partial charge is 0.480 e. The smallest absolute Gasteiger partial charge is 0.322 e. The highest BCUT2D eigenvalue weighted by molar-refractivity contribution is 6.30. The van der Waals surface area contributed by atoms with Gasteiger partial charge in [-0.15, -0.1) is 0 Å². The number of hydrogen-bond donors (Lipinski definition) is 3. The number of aliphatic carboxylic acids is 1. The molecule has 1 unspecified atom stereocenters. The van der Waals surface area contributed by atoms with Crippen LogP contribution in [0, 0.1) is 0 Å². The molecule has 5 heteroatoms. The molecular formula is C10H11ClN2O2. The second-order valence-corrected chi connectivity index (χ2v) is 3.89. The van der Waals surface area contributed by atoms with E-state index in [9.17, 15) is 4.79 Å². The minimum atomic E-state index is -0.846. The summed E-state index contributed by atoms with van der Waals surface area (Å²) in [5.41, 5.74) is 1.93. The van der Waals surface area contributed by atoms with Crippen LogP contribution < -0.4 is 10.6 Å². The lowest BCUT2D eigenvalue weighted by Gasteiger charge is -2.09. The summed E-state index contributed by atoms with van der Waals surface area (Å²) in [6.45, 7) is 0.902. The number of carbonyl (C=O) groups is 1. The Hall–Kier alpha value is -1.26. The highest BCUT2D eigenvalue weighted by atomic mass is 35.5. The predicted molar refractivity (Wildman–Crippen MR) is 58.2 cm³/mol. The van der Waals surface area contributed by atoms with Gasteiger partial charge in [-0.05, 0) is 17.7 Å². The van der Waals surface area contributed by atoms with E-state index in [2.05, 4.69) is 10.6 Å². The van der Waals surface area contributed by atoms with Crippen molar-refractivity contribution in [3.8, 4) is 0 Å². The first kappa shape index (κ1) is 10.3. The molecule has 15 heavy (non-hydrogen) atoms. The molecule has 1 aliphatic heterocycles. The van der Waals surface area contributed by atoms with Gasteiger partial charge in [0.1, 0.15) is 6.04 Å². The summed E-state index contributed by atoms with van der Waals surface area (Å²) >= 11 is 5.85. The van der Waals surface area contributed by atoms with Crippen LogP contribution in [0.3, 0.4) is 0 Å². The molecule has 1 atom stereocenters. The summed E-state index contributed by atoms with van der Waals surface area (Å²) in [6.07, 6.45) is 0. The number of carboxylic acids is 1. The fourth-order valence-corrected chi connectivity index (χ4v) is 1.73. The molecule has 1 aromatic rings. The van der Waals surface area contributed by atoms with Crippen LogP contribution in [-0.2, 0) is 11.3 Å². The zero-order valence-electron chi connectivity index (χ0n) is 7.96. The molecule has 0 aromatic heterocycles. The maximum Gasteiger partial charge on any atom is 0.322 e. The average Bonchev–Trinajstić information content (AvgIpc) is 2.39. The molecule has 1 aliphatic rings. The summed E-state index contributed by atoms with van der Waals surface area (Å²) in [5.74, 6) is -0.846. The Kier molecular flexibility index (Phi) is 2.79. The van der Waals surface area contributed by atoms with Gasteiger partial charge in [0.25, 0.3) is 0 Å². The molecule has 0 amide bonds. The lowest BCUT2D eigenvalue weighted by Crippen LogP contribution is -2.39. The number of halogens is 1. The summed E-state index contributed by atoms with van der Waals surface area (Å²) < 4.78 is 0. The Labute approximate surface area is 92.2 Å². The molecule has 0 saturated heterocycles. The molecule has 3 N–H and O–H groups in total. The van der Waals surface area contributed by atoms with Crippen molar-refractivity contribution in [1.82, 2.24) is 5.32 Å². The zero-order chi connectivity index (χ0) is 10.8. The Bertz CT molecular complexity index is 395. The normalized spacial score (nSPS) is 19.9.